The number of rotatable bonds is 4. The van der Waals surface area contributed by atoms with Crippen molar-refractivity contribution in [2.75, 3.05) is 19.0 Å². The molecule has 1 aliphatic heterocycles. The van der Waals surface area contributed by atoms with E-state index in [-0.39, 0.29) is 30.9 Å². The Balaban J connectivity index is 1.97. The molecule has 4 nitrogen and oxygen atoms in total. The minimum absolute atomic E-state index is 0.117. The summed E-state index contributed by atoms with van der Waals surface area (Å²) in [5.74, 6) is -5.15. The van der Waals surface area contributed by atoms with Gasteiger partial charge in [0.15, 0.2) is 17.5 Å². The molecule has 1 heterocycles. The summed E-state index contributed by atoms with van der Waals surface area (Å²) in [5.41, 5.74) is -1.19. The number of nitrogens with zero attached hydrogens (tertiary/aromatic N) is 1. The molecule has 0 atom stereocenters. The first-order chi connectivity index (χ1) is 11.7. The summed E-state index contributed by atoms with van der Waals surface area (Å²) < 4.78 is 40.0. The van der Waals surface area contributed by atoms with Gasteiger partial charge >= 0.3 is 0 Å². The Labute approximate surface area is 149 Å². The van der Waals surface area contributed by atoms with Crippen LogP contribution in [0.5, 0.6) is 0 Å². The molecule has 1 N–H and O–H groups in total. The Hall–Kier alpha value is -1.76. The summed E-state index contributed by atoms with van der Waals surface area (Å²) in [4.78, 5) is 25.8. The van der Waals surface area contributed by atoms with Gasteiger partial charge in [-0.05, 0) is 38.8 Å². The molecule has 0 spiro atoms. The zero-order valence-electron chi connectivity index (χ0n) is 14.0. The molecule has 25 heavy (non-hydrogen) atoms. The van der Waals surface area contributed by atoms with Gasteiger partial charge in [0, 0.05) is 25.0 Å². The van der Waals surface area contributed by atoms with Crippen molar-refractivity contribution in [3.05, 3.63) is 35.1 Å². The molecule has 0 unspecified atom stereocenters. The lowest BCUT2D eigenvalue weighted by molar-refractivity contribution is -0.129. The maximum absolute atomic E-state index is 13.8. The molecule has 1 aromatic rings. The number of hydrogen-bond donors (Lipinski definition) is 1. The topological polar surface area (TPSA) is 49.4 Å². The van der Waals surface area contributed by atoms with Crippen molar-refractivity contribution >= 4 is 23.4 Å². The number of carbonyl (C=O) groups is 2. The number of alkyl halides is 1. The van der Waals surface area contributed by atoms with Crippen LogP contribution < -0.4 is 5.32 Å². The van der Waals surface area contributed by atoms with Gasteiger partial charge in [-0.1, -0.05) is 0 Å². The van der Waals surface area contributed by atoms with Crippen LogP contribution in [-0.4, -0.2) is 41.7 Å². The minimum atomic E-state index is -1.66. The van der Waals surface area contributed by atoms with Gasteiger partial charge in [-0.3, -0.25) is 9.59 Å². The van der Waals surface area contributed by atoms with Crippen LogP contribution in [0.15, 0.2) is 12.1 Å². The van der Waals surface area contributed by atoms with Gasteiger partial charge < -0.3 is 10.2 Å². The number of hydrogen-bond acceptors (Lipinski definition) is 2. The fourth-order valence-corrected chi connectivity index (χ4v) is 2.65. The van der Waals surface area contributed by atoms with Crippen molar-refractivity contribution in [2.45, 2.75) is 32.7 Å². The molecular formula is C17H20ClF3N2O2. The van der Waals surface area contributed by atoms with Gasteiger partial charge in [-0.25, -0.2) is 13.2 Å². The van der Waals surface area contributed by atoms with Crippen LogP contribution in [0.1, 0.15) is 37.0 Å². The van der Waals surface area contributed by atoms with Crippen LogP contribution in [0.25, 0.3) is 0 Å². The molecular weight excluding hydrogens is 357 g/mol. The molecule has 0 saturated carbocycles. The van der Waals surface area contributed by atoms with Crippen LogP contribution in [-0.2, 0) is 4.79 Å². The average molecular weight is 377 g/mol. The second-order valence-electron chi connectivity index (χ2n) is 6.78. The number of likely N-dealkylation sites (tertiary alicyclic amines) is 1. The van der Waals surface area contributed by atoms with Gasteiger partial charge in [0.25, 0.3) is 5.91 Å². The van der Waals surface area contributed by atoms with Crippen LogP contribution in [0.3, 0.4) is 0 Å². The SMILES string of the molecule is CC(C)(CCl)C(=O)NC1CCN(C(=O)c2ccc(F)c(F)c2F)CC1. The fourth-order valence-electron chi connectivity index (χ4n) is 2.53. The van der Waals surface area contributed by atoms with E-state index < -0.39 is 34.3 Å². The molecule has 2 rings (SSSR count). The number of amides is 2. The average Bonchev–Trinajstić information content (AvgIpc) is 2.60. The third-order valence-corrected chi connectivity index (χ3v) is 5.00. The smallest absolute Gasteiger partial charge is 0.256 e. The molecule has 2 amide bonds. The summed E-state index contributed by atoms with van der Waals surface area (Å²) in [6.07, 6.45) is 0.974. The lowest BCUT2D eigenvalue weighted by Crippen LogP contribution is -2.50. The van der Waals surface area contributed by atoms with E-state index in [0.717, 1.165) is 12.1 Å². The fraction of sp³-hybridized carbons (Fsp3) is 0.529. The zero-order valence-corrected chi connectivity index (χ0v) is 14.8. The predicted octanol–water partition coefficient (Wildman–Crippen LogP) is 3.09. The third-order valence-electron chi connectivity index (χ3n) is 4.33. The summed E-state index contributed by atoms with van der Waals surface area (Å²) in [7, 11) is 0. The second-order valence-corrected chi connectivity index (χ2v) is 7.05. The minimum Gasteiger partial charge on any atom is -0.353 e. The van der Waals surface area contributed by atoms with E-state index >= 15 is 0 Å². The van der Waals surface area contributed by atoms with Crippen LogP contribution >= 0.6 is 11.6 Å². The van der Waals surface area contributed by atoms with E-state index in [0.29, 0.717) is 12.8 Å². The first-order valence-electron chi connectivity index (χ1n) is 7.97. The zero-order chi connectivity index (χ0) is 18.8. The van der Waals surface area contributed by atoms with Crippen molar-refractivity contribution in [3.63, 3.8) is 0 Å². The molecule has 0 aromatic heterocycles. The summed E-state index contributed by atoms with van der Waals surface area (Å²) in [5, 5.41) is 2.89. The maximum Gasteiger partial charge on any atom is 0.256 e. The molecule has 1 fully saturated rings. The highest BCUT2D eigenvalue weighted by Gasteiger charge is 2.31. The van der Waals surface area contributed by atoms with Crippen molar-refractivity contribution in [3.8, 4) is 0 Å². The first-order valence-corrected chi connectivity index (χ1v) is 8.50. The molecule has 1 aromatic carbocycles. The van der Waals surface area contributed by atoms with E-state index in [1.165, 1.54) is 4.90 Å². The van der Waals surface area contributed by atoms with Gasteiger partial charge in [0.1, 0.15) is 0 Å². The van der Waals surface area contributed by atoms with Crippen LogP contribution in [0, 0.1) is 22.9 Å². The Morgan fingerprint density at radius 2 is 1.80 bits per heavy atom. The summed E-state index contributed by atoms with van der Waals surface area (Å²) in [6, 6.07) is 1.55. The van der Waals surface area contributed by atoms with Crippen molar-refractivity contribution in [1.29, 1.82) is 0 Å². The number of carbonyl (C=O) groups excluding carboxylic acids is 2. The van der Waals surface area contributed by atoms with E-state index in [1.807, 2.05) is 0 Å². The highest BCUT2D eigenvalue weighted by Crippen LogP contribution is 2.21. The van der Waals surface area contributed by atoms with Gasteiger partial charge in [-0.2, -0.15) is 0 Å². The Kier molecular flexibility index (Phi) is 5.98. The van der Waals surface area contributed by atoms with Gasteiger partial charge in [0.2, 0.25) is 5.91 Å². The quantitative estimate of drug-likeness (QED) is 0.648. The van der Waals surface area contributed by atoms with E-state index in [2.05, 4.69) is 5.32 Å². The molecule has 1 saturated heterocycles. The molecule has 0 radical (unpaired) electrons. The lowest BCUT2D eigenvalue weighted by Gasteiger charge is -2.34. The number of piperidine rings is 1. The molecule has 0 aliphatic carbocycles. The van der Waals surface area contributed by atoms with Gasteiger partial charge in [0.05, 0.1) is 11.0 Å². The van der Waals surface area contributed by atoms with Crippen molar-refractivity contribution in [2.24, 2.45) is 5.41 Å². The normalized spacial score (nSPS) is 16.0. The first kappa shape index (κ1) is 19.6. The molecule has 138 valence electrons. The largest absolute Gasteiger partial charge is 0.353 e. The van der Waals surface area contributed by atoms with Crippen molar-refractivity contribution in [1.82, 2.24) is 10.2 Å². The van der Waals surface area contributed by atoms with E-state index in [9.17, 15) is 22.8 Å². The number of halogens is 4. The lowest BCUT2D eigenvalue weighted by atomic mass is 9.93. The maximum atomic E-state index is 13.8. The monoisotopic (exact) mass is 376 g/mol. The third kappa shape index (κ3) is 4.26. The second kappa shape index (κ2) is 7.64. The van der Waals surface area contributed by atoms with E-state index in [1.54, 1.807) is 13.8 Å². The Bertz CT molecular complexity index is 674. The van der Waals surface area contributed by atoms with E-state index in [4.69, 9.17) is 11.6 Å². The molecule has 1 aliphatic rings. The molecule has 0 bridgehead atoms. The summed E-state index contributed by atoms with van der Waals surface area (Å²) in [6.45, 7) is 4.03. The highest BCUT2D eigenvalue weighted by molar-refractivity contribution is 6.19. The highest BCUT2D eigenvalue weighted by atomic mass is 35.5. The van der Waals surface area contributed by atoms with Gasteiger partial charge in [-0.15, -0.1) is 11.6 Å². The van der Waals surface area contributed by atoms with Crippen LogP contribution in [0.2, 0.25) is 0 Å². The van der Waals surface area contributed by atoms with Crippen molar-refractivity contribution < 1.29 is 22.8 Å². The summed E-state index contributed by atoms with van der Waals surface area (Å²) >= 11 is 5.77. The number of benzene rings is 1. The Morgan fingerprint density at radius 3 is 2.36 bits per heavy atom. The predicted molar refractivity (Wildman–Crippen MR) is 87.9 cm³/mol. The number of nitrogens with one attached hydrogen (secondary N) is 1. The standard InChI is InChI=1S/C17H20ClF3N2O2/c1-17(2,9-18)16(25)22-10-5-7-23(8-6-10)15(24)11-3-4-12(19)14(21)13(11)20/h3-4,10H,5-9H2,1-2H3,(H,22,25). The molecule has 8 heteroatoms. The van der Waals surface area contributed by atoms with Crippen LogP contribution in [0.4, 0.5) is 13.2 Å². The Morgan fingerprint density at radius 1 is 1.20 bits per heavy atom.